The molecule has 0 fully saturated rings. The van der Waals surface area contributed by atoms with Gasteiger partial charge in [0.15, 0.2) is 5.82 Å². The standard InChI is InChI=1S/C47H33N3/c1-2-10-32(11-3-1)33-21-25-36(26-22-33)47-49-45(35-23-19-34(20-24-35)40-15-9-27-48-31-40)30-46(50-47)39-14-8-13-37(28-39)44-29-38-12-4-5-16-41(38)42-17-6-7-18-43(42)44/h1-10,12-32H,11H2. The number of nitrogens with zero attached hydrogens (tertiary/aromatic N) is 3. The number of hydrogen-bond acceptors (Lipinski definition) is 3. The van der Waals surface area contributed by atoms with Crippen LogP contribution in [-0.4, -0.2) is 15.0 Å². The van der Waals surface area contributed by atoms with E-state index in [-0.39, 0.29) is 0 Å². The Balaban J connectivity index is 1.16. The first kappa shape index (κ1) is 29.7. The Morgan fingerprint density at radius 1 is 0.480 bits per heavy atom. The zero-order valence-electron chi connectivity index (χ0n) is 27.4. The van der Waals surface area contributed by atoms with E-state index in [1.807, 2.05) is 12.3 Å². The van der Waals surface area contributed by atoms with Crippen molar-refractivity contribution in [3.8, 4) is 56.2 Å². The van der Waals surface area contributed by atoms with Gasteiger partial charge in [-0.05, 0) is 80.0 Å². The summed E-state index contributed by atoms with van der Waals surface area (Å²) in [6, 6.07) is 51.9. The molecule has 1 unspecified atom stereocenters. The van der Waals surface area contributed by atoms with Crippen LogP contribution in [0.3, 0.4) is 0 Å². The average molecular weight is 640 g/mol. The topological polar surface area (TPSA) is 38.7 Å². The van der Waals surface area contributed by atoms with Gasteiger partial charge in [0.2, 0.25) is 0 Å². The Morgan fingerprint density at radius 2 is 1.18 bits per heavy atom. The molecule has 0 spiro atoms. The van der Waals surface area contributed by atoms with E-state index in [1.165, 1.54) is 32.7 Å². The van der Waals surface area contributed by atoms with E-state index in [9.17, 15) is 0 Å². The largest absolute Gasteiger partial charge is 0.264 e. The Kier molecular flexibility index (Phi) is 7.64. The van der Waals surface area contributed by atoms with E-state index in [2.05, 4.69) is 169 Å². The zero-order chi connectivity index (χ0) is 33.3. The van der Waals surface area contributed by atoms with Gasteiger partial charge in [-0.1, -0.05) is 146 Å². The summed E-state index contributed by atoms with van der Waals surface area (Å²) in [4.78, 5) is 14.7. The Morgan fingerprint density at radius 3 is 1.96 bits per heavy atom. The van der Waals surface area contributed by atoms with Gasteiger partial charge in [0.25, 0.3) is 0 Å². The molecule has 0 bridgehead atoms. The Labute approximate surface area is 292 Å². The smallest absolute Gasteiger partial charge is 0.160 e. The van der Waals surface area contributed by atoms with Crippen molar-refractivity contribution in [2.24, 2.45) is 0 Å². The molecule has 3 heteroatoms. The van der Waals surface area contributed by atoms with Gasteiger partial charge in [0.05, 0.1) is 11.4 Å². The molecule has 0 saturated heterocycles. The Bertz CT molecular complexity index is 2550. The molecule has 6 aromatic carbocycles. The van der Waals surface area contributed by atoms with Crippen molar-refractivity contribution >= 4 is 21.5 Å². The third-order valence-electron chi connectivity index (χ3n) is 9.72. The second kappa shape index (κ2) is 12.9. The molecule has 0 amide bonds. The number of rotatable bonds is 6. The lowest BCUT2D eigenvalue weighted by Gasteiger charge is -2.15. The van der Waals surface area contributed by atoms with Gasteiger partial charge in [-0.3, -0.25) is 4.98 Å². The highest BCUT2D eigenvalue weighted by Gasteiger charge is 2.15. The predicted molar refractivity (Wildman–Crippen MR) is 208 cm³/mol. The van der Waals surface area contributed by atoms with Gasteiger partial charge in [-0.25, -0.2) is 9.97 Å². The van der Waals surface area contributed by atoms with Crippen LogP contribution in [0.2, 0.25) is 0 Å². The molecule has 0 radical (unpaired) electrons. The number of pyridine rings is 1. The summed E-state index contributed by atoms with van der Waals surface area (Å²) >= 11 is 0. The summed E-state index contributed by atoms with van der Waals surface area (Å²) < 4.78 is 0. The number of benzene rings is 6. The second-order valence-corrected chi connectivity index (χ2v) is 12.8. The molecule has 3 nitrogen and oxygen atoms in total. The molecule has 236 valence electrons. The normalized spacial score (nSPS) is 14.0. The molecular weight excluding hydrogens is 607 g/mol. The fourth-order valence-electron chi connectivity index (χ4n) is 7.09. The van der Waals surface area contributed by atoms with Crippen molar-refractivity contribution in [1.29, 1.82) is 0 Å². The van der Waals surface area contributed by atoms with Crippen LogP contribution in [0.4, 0.5) is 0 Å². The van der Waals surface area contributed by atoms with E-state index >= 15 is 0 Å². The number of hydrogen-bond donors (Lipinski definition) is 0. The number of aromatic nitrogens is 3. The highest BCUT2D eigenvalue weighted by Crippen LogP contribution is 2.37. The SMILES string of the molecule is C1=CCC(c2ccc(-c3nc(-c4ccc(-c5cccnc5)cc4)cc(-c4cccc(-c5cc6ccccc6c6ccccc56)c4)n3)cc2)C=C1. The van der Waals surface area contributed by atoms with Gasteiger partial charge in [0, 0.05) is 35.0 Å². The van der Waals surface area contributed by atoms with Gasteiger partial charge >= 0.3 is 0 Å². The molecule has 1 atom stereocenters. The monoisotopic (exact) mass is 639 g/mol. The molecule has 0 N–H and O–H groups in total. The molecule has 0 aliphatic heterocycles. The maximum atomic E-state index is 5.21. The highest BCUT2D eigenvalue weighted by atomic mass is 14.9. The number of fused-ring (bicyclic) bond motifs is 3. The molecule has 0 saturated carbocycles. The van der Waals surface area contributed by atoms with Crippen LogP contribution in [0.1, 0.15) is 17.9 Å². The molecule has 9 rings (SSSR count). The predicted octanol–water partition coefficient (Wildman–Crippen LogP) is 12.1. The lowest BCUT2D eigenvalue weighted by molar-refractivity contribution is 0.854. The summed E-state index contributed by atoms with van der Waals surface area (Å²) in [7, 11) is 0. The van der Waals surface area contributed by atoms with Gasteiger partial charge in [-0.2, -0.15) is 0 Å². The van der Waals surface area contributed by atoms with E-state index in [0.29, 0.717) is 11.7 Å². The van der Waals surface area contributed by atoms with Gasteiger partial charge in [-0.15, -0.1) is 0 Å². The second-order valence-electron chi connectivity index (χ2n) is 12.8. The molecule has 2 aromatic heterocycles. The fourth-order valence-corrected chi connectivity index (χ4v) is 7.09. The van der Waals surface area contributed by atoms with Crippen LogP contribution in [-0.2, 0) is 0 Å². The lowest BCUT2D eigenvalue weighted by atomic mass is 9.92. The summed E-state index contributed by atoms with van der Waals surface area (Å²) in [5.41, 5.74) is 10.7. The third kappa shape index (κ3) is 5.69. The van der Waals surface area contributed by atoms with Crippen molar-refractivity contribution in [2.75, 3.05) is 0 Å². The first-order valence-corrected chi connectivity index (χ1v) is 17.1. The molecule has 8 aromatic rings. The van der Waals surface area contributed by atoms with Crippen LogP contribution in [0.5, 0.6) is 0 Å². The summed E-state index contributed by atoms with van der Waals surface area (Å²) in [6.07, 6.45) is 13.5. The summed E-state index contributed by atoms with van der Waals surface area (Å²) in [5, 5.41) is 5.00. The van der Waals surface area contributed by atoms with Crippen LogP contribution in [0, 0.1) is 0 Å². The molecule has 50 heavy (non-hydrogen) atoms. The zero-order valence-corrected chi connectivity index (χ0v) is 27.4. The highest BCUT2D eigenvalue weighted by molar-refractivity contribution is 6.13. The molecular formula is C47H33N3. The summed E-state index contributed by atoms with van der Waals surface area (Å²) in [6.45, 7) is 0. The quantitative estimate of drug-likeness (QED) is 0.170. The summed E-state index contributed by atoms with van der Waals surface area (Å²) in [5.74, 6) is 1.10. The van der Waals surface area contributed by atoms with Crippen LogP contribution in [0.25, 0.3) is 77.7 Å². The molecule has 1 aliphatic carbocycles. The van der Waals surface area contributed by atoms with Gasteiger partial charge in [0.1, 0.15) is 0 Å². The van der Waals surface area contributed by atoms with Crippen molar-refractivity contribution in [3.63, 3.8) is 0 Å². The van der Waals surface area contributed by atoms with Crippen LogP contribution >= 0.6 is 0 Å². The van der Waals surface area contributed by atoms with Crippen LogP contribution < -0.4 is 0 Å². The lowest BCUT2D eigenvalue weighted by Crippen LogP contribution is -1.98. The fraction of sp³-hybridized carbons (Fsp3) is 0.0426. The maximum absolute atomic E-state index is 5.21. The van der Waals surface area contributed by atoms with Crippen molar-refractivity contribution in [2.45, 2.75) is 12.3 Å². The Hall–Kier alpha value is -6.45. The van der Waals surface area contributed by atoms with E-state index in [4.69, 9.17) is 9.97 Å². The number of allylic oxidation sites excluding steroid dienone is 4. The average Bonchev–Trinajstić information content (AvgIpc) is 3.21. The van der Waals surface area contributed by atoms with Crippen LogP contribution in [0.15, 0.2) is 182 Å². The minimum atomic E-state index is 0.393. The molecule has 1 aliphatic rings. The van der Waals surface area contributed by atoms with E-state index < -0.39 is 0 Å². The third-order valence-corrected chi connectivity index (χ3v) is 9.72. The first-order valence-electron chi connectivity index (χ1n) is 17.1. The van der Waals surface area contributed by atoms with Gasteiger partial charge < -0.3 is 0 Å². The maximum Gasteiger partial charge on any atom is 0.160 e. The molecule has 2 heterocycles. The van der Waals surface area contributed by atoms with Crippen molar-refractivity contribution < 1.29 is 0 Å². The van der Waals surface area contributed by atoms with Crippen molar-refractivity contribution in [1.82, 2.24) is 15.0 Å². The van der Waals surface area contributed by atoms with E-state index in [1.54, 1.807) is 6.20 Å². The van der Waals surface area contributed by atoms with Crippen molar-refractivity contribution in [3.05, 3.63) is 188 Å². The van der Waals surface area contributed by atoms with E-state index in [0.717, 1.165) is 51.2 Å². The minimum absolute atomic E-state index is 0.393. The minimum Gasteiger partial charge on any atom is -0.264 e. The first-order chi connectivity index (χ1) is 24.8.